The summed E-state index contributed by atoms with van der Waals surface area (Å²) in [6.07, 6.45) is -1.42. The zero-order valence-corrected chi connectivity index (χ0v) is 11.7. The van der Waals surface area contributed by atoms with Crippen molar-refractivity contribution in [2.75, 3.05) is 19.0 Å². The van der Waals surface area contributed by atoms with E-state index in [1.807, 2.05) is 0 Å². The lowest BCUT2D eigenvalue weighted by molar-refractivity contribution is -0.158. The van der Waals surface area contributed by atoms with Crippen LogP contribution in [0.15, 0.2) is 22.7 Å². The molecule has 0 spiro atoms. The van der Waals surface area contributed by atoms with Crippen LogP contribution < -0.4 is 10.1 Å². The summed E-state index contributed by atoms with van der Waals surface area (Å²) in [7, 11) is 1.53. The van der Waals surface area contributed by atoms with Gasteiger partial charge in [-0.05, 0) is 12.1 Å². The maximum atomic E-state index is 13.0. The fourth-order valence-electron chi connectivity index (χ4n) is 1.78. The summed E-state index contributed by atoms with van der Waals surface area (Å²) in [4.78, 5) is 10.8. The molecular weight excluding hydrogens is 324 g/mol. The van der Waals surface area contributed by atoms with Gasteiger partial charge in [0, 0.05) is 16.2 Å². The van der Waals surface area contributed by atoms with E-state index in [1.54, 1.807) is 18.2 Å². The molecule has 1 atom stereocenters. The molecule has 19 heavy (non-hydrogen) atoms. The van der Waals surface area contributed by atoms with Crippen molar-refractivity contribution < 1.29 is 23.0 Å². The van der Waals surface area contributed by atoms with Crippen molar-refractivity contribution in [3.05, 3.63) is 22.7 Å². The molecule has 1 fully saturated rings. The van der Waals surface area contributed by atoms with Crippen LogP contribution in [0.5, 0.6) is 5.75 Å². The number of hydrogen-bond acceptors (Lipinski definition) is 4. The number of esters is 1. The summed E-state index contributed by atoms with van der Waals surface area (Å²) < 4.78 is 36.4. The second-order valence-corrected chi connectivity index (χ2v) is 5.11. The minimum absolute atomic E-state index is 0.126. The molecular formula is C12H12BrF2NO3. The van der Waals surface area contributed by atoms with Gasteiger partial charge < -0.3 is 14.8 Å². The van der Waals surface area contributed by atoms with E-state index in [1.165, 1.54) is 7.11 Å². The highest BCUT2D eigenvalue weighted by Gasteiger charge is 2.50. The minimum atomic E-state index is -3.37. The van der Waals surface area contributed by atoms with Gasteiger partial charge in [0.05, 0.1) is 20.1 Å². The smallest absolute Gasteiger partial charge is 0.377 e. The van der Waals surface area contributed by atoms with Crippen LogP contribution in [0, 0.1) is 0 Å². The predicted molar refractivity (Wildman–Crippen MR) is 68.6 cm³/mol. The third kappa shape index (κ3) is 3.34. The Balaban J connectivity index is 1.96. The molecule has 1 aromatic carbocycles. The molecule has 1 N–H and O–H groups in total. The minimum Gasteiger partial charge on any atom is -0.497 e. The Kier molecular flexibility index (Phi) is 3.93. The summed E-state index contributed by atoms with van der Waals surface area (Å²) in [6, 6.07) is 5.27. The number of ether oxygens (including phenoxy) is 2. The Morgan fingerprint density at radius 1 is 1.53 bits per heavy atom. The number of carbonyl (C=O) groups excluding carboxylic acids is 1. The maximum Gasteiger partial charge on any atom is 0.377 e. The zero-order valence-electron chi connectivity index (χ0n) is 10.1. The number of carbonyl (C=O) groups is 1. The largest absolute Gasteiger partial charge is 0.497 e. The van der Waals surface area contributed by atoms with Crippen LogP contribution in [0.1, 0.15) is 6.42 Å². The lowest BCUT2D eigenvalue weighted by Crippen LogP contribution is -2.22. The number of nitrogens with one attached hydrogen (secondary N) is 1. The van der Waals surface area contributed by atoms with Gasteiger partial charge in [-0.1, -0.05) is 15.9 Å². The van der Waals surface area contributed by atoms with E-state index in [0.717, 1.165) is 4.47 Å². The molecule has 1 unspecified atom stereocenters. The molecule has 1 saturated heterocycles. The van der Waals surface area contributed by atoms with Gasteiger partial charge in [-0.25, -0.2) is 4.79 Å². The van der Waals surface area contributed by atoms with Gasteiger partial charge in [-0.2, -0.15) is 8.78 Å². The average Bonchev–Trinajstić information content (AvgIpc) is 2.60. The highest BCUT2D eigenvalue weighted by Crippen LogP contribution is 2.31. The molecule has 104 valence electrons. The second-order valence-electron chi connectivity index (χ2n) is 4.20. The maximum absolute atomic E-state index is 13.0. The predicted octanol–water partition coefficient (Wildman–Crippen LogP) is 2.82. The molecule has 1 aliphatic rings. The number of anilines is 1. The zero-order chi connectivity index (χ0) is 14.0. The van der Waals surface area contributed by atoms with Crippen LogP contribution in [0.25, 0.3) is 0 Å². The van der Waals surface area contributed by atoms with Crippen molar-refractivity contribution >= 4 is 27.6 Å². The van der Waals surface area contributed by atoms with Gasteiger partial charge in [-0.15, -0.1) is 0 Å². The first-order valence-electron chi connectivity index (χ1n) is 5.58. The highest BCUT2D eigenvalue weighted by molar-refractivity contribution is 9.10. The van der Waals surface area contributed by atoms with Crippen molar-refractivity contribution in [3.63, 3.8) is 0 Å². The molecule has 7 heteroatoms. The Labute approximate surface area is 117 Å². The third-order valence-corrected chi connectivity index (χ3v) is 3.16. The summed E-state index contributed by atoms with van der Waals surface area (Å²) in [5.41, 5.74) is 0.692. The first-order chi connectivity index (χ1) is 8.90. The Bertz CT molecular complexity index is 496. The molecule has 0 aromatic heterocycles. The SMILES string of the molecule is COc1cc(Br)cc(NCC2CC(F)(F)C(=O)O2)c1. The molecule has 1 aromatic rings. The Hall–Kier alpha value is -1.37. The van der Waals surface area contributed by atoms with Crippen molar-refractivity contribution in [1.29, 1.82) is 0 Å². The topological polar surface area (TPSA) is 47.6 Å². The van der Waals surface area contributed by atoms with Crippen LogP contribution in [0.4, 0.5) is 14.5 Å². The van der Waals surface area contributed by atoms with E-state index in [4.69, 9.17) is 4.74 Å². The molecule has 1 heterocycles. The molecule has 0 aliphatic carbocycles. The van der Waals surface area contributed by atoms with E-state index >= 15 is 0 Å². The molecule has 0 amide bonds. The van der Waals surface area contributed by atoms with Crippen LogP contribution in [0.2, 0.25) is 0 Å². The monoisotopic (exact) mass is 335 g/mol. The number of methoxy groups -OCH3 is 1. The van der Waals surface area contributed by atoms with E-state index in [-0.39, 0.29) is 6.54 Å². The first kappa shape index (κ1) is 14.0. The lowest BCUT2D eigenvalue weighted by atomic mass is 10.2. The fraction of sp³-hybridized carbons (Fsp3) is 0.417. The van der Waals surface area contributed by atoms with Gasteiger partial charge in [0.1, 0.15) is 11.9 Å². The summed E-state index contributed by atoms with van der Waals surface area (Å²) in [5, 5.41) is 2.94. The lowest BCUT2D eigenvalue weighted by Gasteiger charge is -2.12. The van der Waals surface area contributed by atoms with E-state index < -0.39 is 24.4 Å². The molecule has 0 saturated carbocycles. The average molecular weight is 336 g/mol. The summed E-state index contributed by atoms with van der Waals surface area (Å²) >= 11 is 3.31. The number of cyclic esters (lactones) is 1. The van der Waals surface area contributed by atoms with Gasteiger partial charge in [-0.3, -0.25) is 0 Å². The first-order valence-corrected chi connectivity index (χ1v) is 6.37. The summed E-state index contributed by atoms with van der Waals surface area (Å²) in [6.45, 7) is 0.126. The van der Waals surface area contributed by atoms with Crippen molar-refractivity contribution in [3.8, 4) is 5.75 Å². The number of benzene rings is 1. The van der Waals surface area contributed by atoms with Crippen LogP contribution >= 0.6 is 15.9 Å². The van der Waals surface area contributed by atoms with Gasteiger partial charge >= 0.3 is 11.9 Å². The van der Waals surface area contributed by atoms with Crippen molar-refractivity contribution in [2.24, 2.45) is 0 Å². The second kappa shape index (κ2) is 5.32. The fourth-order valence-corrected chi connectivity index (χ4v) is 2.25. The van der Waals surface area contributed by atoms with Crippen molar-refractivity contribution in [1.82, 2.24) is 0 Å². The quantitative estimate of drug-likeness (QED) is 0.859. The molecule has 1 aliphatic heterocycles. The van der Waals surface area contributed by atoms with E-state index in [9.17, 15) is 13.6 Å². The molecule has 2 rings (SSSR count). The van der Waals surface area contributed by atoms with E-state index in [2.05, 4.69) is 26.0 Å². The normalized spacial score (nSPS) is 21.1. The number of hydrogen-bond donors (Lipinski definition) is 1. The van der Waals surface area contributed by atoms with Gasteiger partial charge in [0.2, 0.25) is 0 Å². The number of alkyl halides is 2. The van der Waals surface area contributed by atoms with Gasteiger partial charge in [0.15, 0.2) is 0 Å². The Morgan fingerprint density at radius 3 is 2.84 bits per heavy atom. The standard InChI is InChI=1S/C12H12BrF2NO3/c1-18-9-3-7(13)2-8(4-9)16-6-10-5-12(14,15)11(17)19-10/h2-4,10,16H,5-6H2,1H3. The van der Waals surface area contributed by atoms with E-state index in [0.29, 0.717) is 11.4 Å². The van der Waals surface area contributed by atoms with Crippen molar-refractivity contribution in [2.45, 2.75) is 18.4 Å². The molecule has 0 radical (unpaired) electrons. The third-order valence-electron chi connectivity index (χ3n) is 2.70. The van der Waals surface area contributed by atoms with Gasteiger partial charge in [0.25, 0.3) is 0 Å². The van der Waals surface area contributed by atoms with Crippen LogP contribution in [-0.4, -0.2) is 31.7 Å². The van der Waals surface area contributed by atoms with Crippen LogP contribution in [-0.2, 0) is 9.53 Å². The number of rotatable bonds is 4. The number of halogens is 3. The highest BCUT2D eigenvalue weighted by atomic mass is 79.9. The van der Waals surface area contributed by atoms with Crippen LogP contribution in [0.3, 0.4) is 0 Å². The molecule has 4 nitrogen and oxygen atoms in total. The molecule has 0 bridgehead atoms. The Morgan fingerprint density at radius 2 is 2.26 bits per heavy atom. The summed E-state index contributed by atoms with van der Waals surface area (Å²) in [5.74, 6) is -4.20.